The maximum Gasteiger partial charge on any atom is 0.0756 e. The molecular formula is C17H19NS. The fourth-order valence-corrected chi connectivity index (χ4v) is 2.19. The van der Waals surface area contributed by atoms with E-state index >= 15 is 0 Å². The molecule has 1 N–H and O–H groups in total. The molecule has 0 saturated carbocycles. The maximum atomic E-state index is 5.36. The summed E-state index contributed by atoms with van der Waals surface area (Å²) in [7, 11) is 0. The molecule has 2 aromatic rings. The lowest BCUT2D eigenvalue weighted by Gasteiger charge is -2.08. The van der Waals surface area contributed by atoms with Crippen LogP contribution in [0.1, 0.15) is 17.5 Å². The molecule has 0 radical (unpaired) electrons. The smallest absolute Gasteiger partial charge is 0.0756 e. The summed E-state index contributed by atoms with van der Waals surface area (Å²) in [6.45, 7) is 0.914. The van der Waals surface area contributed by atoms with Gasteiger partial charge < -0.3 is 5.32 Å². The molecule has 2 rings (SSSR count). The normalized spacial score (nSPS) is 10.1. The minimum Gasteiger partial charge on any atom is -0.379 e. The molecule has 98 valence electrons. The topological polar surface area (TPSA) is 12.0 Å². The molecule has 0 atom stereocenters. The third-order valence-corrected chi connectivity index (χ3v) is 3.41. The van der Waals surface area contributed by atoms with E-state index in [2.05, 4.69) is 53.8 Å². The first kappa shape index (κ1) is 13.8. The van der Waals surface area contributed by atoms with Crippen LogP contribution in [0.3, 0.4) is 0 Å². The van der Waals surface area contributed by atoms with Gasteiger partial charge in [0.1, 0.15) is 0 Å². The molecule has 0 heterocycles. The van der Waals surface area contributed by atoms with Crippen LogP contribution in [-0.2, 0) is 12.8 Å². The van der Waals surface area contributed by atoms with Gasteiger partial charge in [-0.2, -0.15) is 0 Å². The Morgan fingerprint density at radius 1 is 0.789 bits per heavy atom. The molecule has 0 amide bonds. The van der Waals surface area contributed by atoms with Gasteiger partial charge in [0.2, 0.25) is 0 Å². The van der Waals surface area contributed by atoms with Crippen molar-refractivity contribution in [1.82, 2.24) is 5.32 Å². The lowest BCUT2D eigenvalue weighted by molar-refractivity contribution is 0.850. The van der Waals surface area contributed by atoms with Crippen LogP contribution in [-0.4, -0.2) is 11.5 Å². The highest BCUT2D eigenvalue weighted by Gasteiger charge is 1.98. The van der Waals surface area contributed by atoms with E-state index in [0.717, 1.165) is 30.8 Å². The van der Waals surface area contributed by atoms with Crippen LogP contribution < -0.4 is 5.32 Å². The second-order valence-corrected chi connectivity index (χ2v) is 5.06. The van der Waals surface area contributed by atoms with Gasteiger partial charge in [-0.05, 0) is 24.0 Å². The highest BCUT2D eigenvalue weighted by molar-refractivity contribution is 7.80. The van der Waals surface area contributed by atoms with Gasteiger partial charge in [-0.3, -0.25) is 0 Å². The van der Waals surface area contributed by atoms with Crippen molar-refractivity contribution in [2.75, 3.05) is 6.54 Å². The molecule has 0 aliphatic heterocycles. The van der Waals surface area contributed by atoms with Crippen molar-refractivity contribution >= 4 is 17.2 Å². The molecule has 0 spiro atoms. The molecule has 19 heavy (non-hydrogen) atoms. The summed E-state index contributed by atoms with van der Waals surface area (Å²) in [5.74, 6) is 0. The number of benzene rings is 2. The molecule has 0 unspecified atom stereocenters. The average molecular weight is 269 g/mol. The number of aryl methyl sites for hydroxylation is 1. The van der Waals surface area contributed by atoms with Crippen LogP contribution >= 0.6 is 12.2 Å². The first-order valence-corrected chi connectivity index (χ1v) is 7.10. The Balaban J connectivity index is 1.65. The van der Waals surface area contributed by atoms with Gasteiger partial charge in [0.25, 0.3) is 0 Å². The zero-order valence-corrected chi connectivity index (χ0v) is 11.8. The van der Waals surface area contributed by atoms with Crippen molar-refractivity contribution < 1.29 is 0 Å². The SMILES string of the molecule is S=C(CCc1ccccc1)NCCc1ccccc1. The van der Waals surface area contributed by atoms with Gasteiger partial charge in [-0.25, -0.2) is 0 Å². The highest BCUT2D eigenvalue weighted by Crippen LogP contribution is 2.03. The van der Waals surface area contributed by atoms with Crippen LogP contribution in [0.4, 0.5) is 0 Å². The van der Waals surface area contributed by atoms with Crippen molar-refractivity contribution in [3.8, 4) is 0 Å². The second-order valence-electron chi connectivity index (χ2n) is 4.57. The zero-order valence-electron chi connectivity index (χ0n) is 11.0. The van der Waals surface area contributed by atoms with Crippen molar-refractivity contribution in [2.24, 2.45) is 0 Å². The summed E-state index contributed by atoms with van der Waals surface area (Å²) in [5, 5.41) is 3.33. The fraction of sp³-hybridized carbons (Fsp3) is 0.235. The van der Waals surface area contributed by atoms with Crippen molar-refractivity contribution in [3.63, 3.8) is 0 Å². The number of nitrogens with one attached hydrogen (secondary N) is 1. The minimum atomic E-state index is 0.914. The standard InChI is InChI=1S/C17H19NS/c19-17(12-11-15-7-3-1-4-8-15)18-14-13-16-9-5-2-6-10-16/h1-10H,11-14H2,(H,18,19). The van der Waals surface area contributed by atoms with E-state index in [1.807, 2.05) is 12.1 Å². The van der Waals surface area contributed by atoms with Gasteiger partial charge in [0, 0.05) is 13.0 Å². The van der Waals surface area contributed by atoms with E-state index in [1.165, 1.54) is 11.1 Å². The molecule has 0 aliphatic rings. The number of rotatable bonds is 6. The average Bonchev–Trinajstić information content (AvgIpc) is 2.47. The van der Waals surface area contributed by atoms with Crippen molar-refractivity contribution in [2.45, 2.75) is 19.3 Å². The molecule has 0 fully saturated rings. The van der Waals surface area contributed by atoms with E-state index in [1.54, 1.807) is 0 Å². The van der Waals surface area contributed by atoms with Gasteiger partial charge in [0.05, 0.1) is 4.99 Å². The van der Waals surface area contributed by atoms with Crippen LogP contribution in [0.2, 0.25) is 0 Å². The highest BCUT2D eigenvalue weighted by atomic mass is 32.1. The zero-order chi connectivity index (χ0) is 13.3. The third kappa shape index (κ3) is 5.23. The molecule has 2 heteroatoms. The van der Waals surface area contributed by atoms with E-state index < -0.39 is 0 Å². The van der Waals surface area contributed by atoms with E-state index in [9.17, 15) is 0 Å². The minimum absolute atomic E-state index is 0.914. The Hall–Kier alpha value is -1.67. The molecule has 0 aliphatic carbocycles. The number of hydrogen-bond donors (Lipinski definition) is 1. The Morgan fingerprint density at radius 2 is 1.32 bits per heavy atom. The summed E-state index contributed by atoms with van der Waals surface area (Å²) in [4.78, 5) is 0.958. The lowest BCUT2D eigenvalue weighted by Crippen LogP contribution is -2.24. The van der Waals surface area contributed by atoms with E-state index in [-0.39, 0.29) is 0 Å². The summed E-state index contributed by atoms with van der Waals surface area (Å²) >= 11 is 5.36. The summed E-state index contributed by atoms with van der Waals surface area (Å²) in [6.07, 6.45) is 2.96. The van der Waals surface area contributed by atoms with Crippen LogP contribution in [0, 0.1) is 0 Å². The maximum absolute atomic E-state index is 5.36. The van der Waals surface area contributed by atoms with Gasteiger partial charge in [-0.15, -0.1) is 0 Å². The van der Waals surface area contributed by atoms with Gasteiger partial charge >= 0.3 is 0 Å². The Kier molecular flexibility index (Phi) is 5.57. The Morgan fingerprint density at radius 3 is 1.89 bits per heavy atom. The van der Waals surface area contributed by atoms with Crippen LogP contribution in [0.25, 0.3) is 0 Å². The quantitative estimate of drug-likeness (QED) is 0.801. The van der Waals surface area contributed by atoms with E-state index in [0.29, 0.717) is 0 Å². The molecule has 0 saturated heterocycles. The monoisotopic (exact) mass is 269 g/mol. The first-order valence-electron chi connectivity index (χ1n) is 6.69. The Labute approximate surface area is 120 Å². The molecule has 0 aromatic heterocycles. The predicted molar refractivity (Wildman–Crippen MR) is 85.5 cm³/mol. The molecule has 1 nitrogen and oxygen atoms in total. The predicted octanol–water partition coefficient (Wildman–Crippen LogP) is 3.78. The van der Waals surface area contributed by atoms with Crippen molar-refractivity contribution in [1.29, 1.82) is 0 Å². The van der Waals surface area contributed by atoms with Gasteiger partial charge in [-0.1, -0.05) is 72.9 Å². The molecule has 0 bridgehead atoms. The van der Waals surface area contributed by atoms with Crippen LogP contribution in [0.15, 0.2) is 60.7 Å². The summed E-state index contributed by atoms with van der Waals surface area (Å²) < 4.78 is 0. The largest absolute Gasteiger partial charge is 0.379 e. The second kappa shape index (κ2) is 7.70. The third-order valence-electron chi connectivity index (χ3n) is 3.06. The Bertz CT molecular complexity index is 493. The fourth-order valence-electron chi connectivity index (χ4n) is 1.98. The molecular weight excluding hydrogens is 250 g/mol. The van der Waals surface area contributed by atoms with Crippen molar-refractivity contribution in [3.05, 3.63) is 71.8 Å². The van der Waals surface area contributed by atoms with E-state index in [4.69, 9.17) is 12.2 Å². The van der Waals surface area contributed by atoms with Crippen LogP contribution in [0.5, 0.6) is 0 Å². The number of hydrogen-bond acceptors (Lipinski definition) is 1. The molecule has 2 aromatic carbocycles. The first-order chi connectivity index (χ1) is 9.34. The summed E-state index contributed by atoms with van der Waals surface area (Å²) in [6, 6.07) is 21.0. The number of thiocarbonyl (C=S) groups is 1. The summed E-state index contributed by atoms with van der Waals surface area (Å²) in [5.41, 5.74) is 2.69. The van der Waals surface area contributed by atoms with Gasteiger partial charge in [0.15, 0.2) is 0 Å². The lowest BCUT2D eigenvalue weighted by atomic mass is 10.1.